The number of rotatable bonds is 5. The smallest absolute Gasteiger partial charge is 0.264 e. The van der Waals surface area contributed by atoms with Crippen molar-refractivity contribution in [2.75, 3.05) is 16.7 Å². The number of aryl methyl sites for hydroxylation is 1. The third-order valence-corrected chi connectivity index (χ3v) is 6.69. The van der Waals surface area contributed by atoms with Gasteiger partial charge in [0.05, 0.1) is 10.6 Å². The van der Waals surface area contributed by atoms with Gasteiger partial charge in [0, 0.05) is 22.8 Å². The number of amides is 1. The van der Waals surface area contributed by atoms with Gasteiger partial charge in [-0.15, -0.1) is 0 Å². The molecule has 8 heteroatoms. The van der Waals surface area contributed by atoms with Gasteiger partial charge in [-0.1, -0.05) is 22.0 Å². The summed E-state index contributed by atoms with van der Waals surface area (Å²) in [7, 11) is -2.41. The highest BCUT2D eigenvalue weighted by molar-refractivity contribution is 9.10. The molecule has 29 heavy (non-hydrogen) atoms. The third kappa shape index (κ3) is 4.65. The second-order valence-electron chi connectivity index (χ2n) is 6.39. The molecule has 3 aromatic carbocycles. The Hall–Kier alpha value is -2.71. The number of halogens is 2. The first-order valence-corrected chi connectivity index (χ1v) is 10.8. The van der Waals surface area contributed by atoms with Crippen molar-refractivity contribution in [3.63, 3.8) is 0 Å². The SMILES string of the molecule is Cc1cc(F)ccc1NC(=O)c1cccc(S(=O)(=O)N(C)c2ccc(Br)cc2)c1. The Kier molecular flexibility index (Phi) is 6.04. The van der Waals surface area contributed by atoms with Crippen molar-refractivity contribution >= 4 is 43.2 Å². The molecule has 0 unspecified atom stereocenters. The number of sulfonamides is 1. The van der Waals surface area contributed by atoms with E-state index in [-0.39, 0.29) is 10.5 Å². The molecule has 3 aromatic rings. The second kappa shape index (κ2) is 8.34. The number of nitrogens with zero attached hydrogens (tertiary/aromatic N) is 1. The molecule has 0 aliphatic heterocycles. The average Bonchev–Trinajstić information content (AvgIpc) is 2.70. The lowest BCUT2D eigenvalue weighted by Gasteiger charge is -2.20. The van der Waals surface area contributed by atoms with E-state index in [0.29, 0.717) is 16.9 Å². The molecular weight excluding hydrogens is 459 g/mol. The van der Waals surface area contributed by atoms with Gasteiger partial charge in [-0.25, -0.2) is 12.8 Å². The van der Waals surface area contributed by atoms with Crippen molar-refractivity contribution in [3.05, 3.63) is 88.1 Å². The predicted molar refractivity (Wildman–Crippen MR) is 115 cm³/mol. The monoisotopic (exact) mass is 476 g/mol. The van der Waals surface area contributed by atoms with Crippen LogP contribution in [0, 0.1) is 12.7 Å². The molecule has 0 fully saturated rings. The molecule has 0 saturated carbocycles. The third-order valence-electron chi connectivity index (χ3n) is 4.38. The zero-order valence-electron chi connectivity index (χ0n) is 15.7. The number of carbonyl (C=O) groups is 1. The van der Waals surface area contributed by atoms with E-state index < -0.39 is 21.7 Å². The molecule has 0 aliphatic rings. The van der Waals surface area contributed by atoms with Crippen molar-refractivity contribution in [3.8, 4) is 0 Å². The van der Waals surface area contributed by atoms with Crippen LogP contribution in [0.15, 0.2) is 76.1 Å². The molecule has 5 nitrogen and oxygen atoms in total. The van der Waals surface area contributed by atoms with Gasteiger partial charge in [0.2, 0.25) is 0 Å². The lowest BCUT2D eigenvalue weighted by atomic mass is 10.1. The van der Waals surface area contributed by atoms with E-state index >= 15 is 0 Å². The topological polar surface area (TPSA) is 66.5 Å². The summed E-state index contributed by atoms with van der Waals surface area (Å²) in [5.74, 6) is -0.882. The Morgan fingerprint density at radius 1 is 1.03 bits per heavy atom. The summed E-state index contributed by atoms with van der Waals surface area (Å²) < 4.78 is 41.2. The summed E-state index contributed by atoms with van der Waals surface area (Å²) in [6.45, 7) is 1.67. The lowest BCUT2D eigenvalue weighted by molar-refractivity contribution is 0.102. The van der Waals surface area contributed by atoms with E-state index in [4.69, 9.17) is 0 Å². The highest BCUT2D eigenvalue weighted by atomic mass is 79.9. The van der Waals surface area contributed by atoms with Crippen LogP contribution in [-0.2, 0) is 10.0 Å². The van der Waals surface area contributed by atoms with Gasteiger partial charge in [0.15, 0.2) is 0 Å². The first-order valence-electron chi connectivity index (χ1n) is 8.60. The van der Waals surface area contributed by atoms with Gasteiger partial charge in [-0.05, 0) is 73.2 Å². The van der Waals surface area contributed by atoms with Crippen LogP contribution in [0.1, 0.15) is 15.9 Å². The molecule has 150 valence electrons. The molecule has 1 amide bonds. The molecule has 0 bridgehead atoms. The predicted octanol–water partition coefficient (Wildman–Crippen LogP) is 4.97. The van der Waals surface area contributed by atoms with Gasteiger partial charge in [-0.2, -0.15) is 0 Å². The summed E-state index contributed by atoms with van der Waals surface area (Å²) in [6.07, 6.45) is 0. The summed E-state index contributed by atoms with van der Waals surface area (Å²) in [5.41, 5.74) is 1.69. The van der Waals surface area contributed by atoms with Gasteiger partial charge in [0.25, 0.3) is 15.9 Å². The van der Waals surface area contributed by atoms with Crippen LogP contribution in [0.3, 0.4) is 0 Å². The number of anilines is 2. The van der Waals surface area contributed by atoms with E-state index in [1.165, 1.54) is 49.5 Å². The number of carbonyl (C=O) groups excluding carboxylic acids is 1. The Balaban J connectivity index is 1.87. The summed E-state index contributed by atoms with van der Waals surface area (Å²) in [6, 6.07) is 16.6. The van der Waals surface area contributed by atoms with E-state index in [1.54, 1.807) is 31.2 Å². The van der Waals surface area contributed by atoms with Crippen molar-refractivity contribution in [2.45, 2.75) is 11.8 Å². The fraction of sp³-hybridized carbons (Fsp3) is 0.0952. The zero-order valence-corrected chi connectivity index (χ0v) is 18.1. The normalized spacial score (nSPS) is 11.2. The minimum Gasteiger partial charge on any atom is -0.322 e. The van der Waals surface area contributed by atoms with E-state index in [9.17, 15) is 17.6 Å². The molecule has 0 saturated heterocycles. The van der Waals surface area contributed by atoms with Crippen LogP contribution in [0.5, 0.6) is 0 Å². The summed E-state index contributed by atoms with van der Waals surface area (Å²) in [5, 5.41) is 2.68. The number of hydrogen-bond acceptors (Lipinski definition) is 3. The first kappa shape index (κ1) is 21.0. The Morgan fingerprint density at radius 2 is 1.72 bits per heavy atom. The molecule has 1 N–H and O–H groups in total. The molecule has 0 aliphatic carbocycles. The maximum Gasteiger partial charge on any atom is 0.264 e. The van der Waals surface area contributed by atoms with Crippen molar-refractivity contribution in [1.82, 2.24) is 0 Å². The number of hydrogen-bond donors (Lipinski definition) is 1. The fourth-order valence-electron chi connectivity index (χ4n) is 2.71. The van der Waals surface area contributed by atoms with Crippen LogP contribution in [0.2, 0.25) is 0 Å². The average molecular weight is 477 g/mol. The highest BCUT2D eigenvalue weighted by Gasteiger charge is 2.22. The second-order valence-corrected chi connectivity index (χ2v) is 9.28. The van der Waals surface area contributed by atoms with Crippen molar-refractivity contribution in [1.29, 1.82) is 0 Å². The molecule has 0 radical (unpaired) electrons. The maximum atomic E-state index is 13.2. The molecule has 0 spiro atoms. The summed E-state index contributed by atoms with van der Waals surface area (Å²) in [4.78, 5) is 12.6. The zero-order chi connectivity index (χ0) is 21.2. The lowest BCUT2D eigenvalue weighted by Crippen LogP contribution is -2.26. The van der Waals surface area contributed by atoms with Crippen molar-refractivity contribution in [2.24, 2.45) is 0 Å². The van der Waals surface area contributed by atoms with Gasteiger partial charge >= 0.3 is 0 Å². The van der Waals surface area contributed by atoms with E-state index in [2.05, 4.69) is 21.2 Å². The van der Waals surface area contributed by atoms with E-state index in [1.807, 2.05) is 0 Å². The maximum absolute atomic E-state index is 13.2. The quantitative estimate of drug-likeness (QED) is 0.564. The molecule has 3 rings (SSSR count). The minimum absolute atomic E-state index is 0.00797. The van der Waals surface area contributed by atoms with Crippen molar-refractivity contribution < 1.29 is 17.6 Å². The minimum atomic E-state index is -3.86. The number of nitrogens with one attached hydrogen (secondary N) is 1. The van der Waals surface area contributed by atoms with Crippen LogP contribution < -0.4 is 9.62 Å². The fourth-order valence-corrected chi connectivity index (χ4v) is 4.21. The standard InChI is InChI=1S/C21H18BrFN2O3S/c1-14-12-17(23)8-11-20(14)24-21(26)15-4-3-5-19(13-15)29(27,28)25(2)18-9-6-16(22)7-10-18/h3-13H,1-2H3,(H,24,26). The Morgan fingerprint density at radius 3 is 2.38 bits per heavy atom. The van der Waals surface area contributed by atoms with Gasteiger partial charge in [0.1, 0.15) is 5.82 Å². The first-order chi connectivity index (χ1) is 13.7. The molecular formula is C21H18BrFN2O3S. The van der Waals surface area contributed by atoms with E-state index in [0.717, 1.165) is 8.78 Å². The van der Waals surface area contributed by atoms with Crippen LogP contribution in [0.4, 0.5) is 15.8 Å². The van der Waals surface area contributed by atoms with Crippen LogP contribution >= 0.6 is 15.9 Å². The molecule has 0 atom stereocenters. The van der Waals surface area contributed by atoms with Gasteiger partial charge in [-0.3, -0.25) is 9.10 Å². The highest BCUT2D eigenvalue weighted by Crippen LogP contribution is 2.25. The van der Waals surface area contributed by atoms with Crippen LogP contribution in [0.25, 0.3) is 0 Å². The summed E-state index contributed by atoms with van der Waals surface area (Å²) >= 11 is 3.32. The number of benzene rings is 3. The largest absolute Gasteiger partial charge is 0.322 e. The molecule has 0 aromatic heterocycles. The Labute approximate surface area is 177 Å². The van der Waals surface area contributed by atoms with Gasteiger partial charge < -0.3 is 5.32 Å². The molecule has 0 heterocycles. The Bertz CT molecular complexity index is 1160. The van der Waals surface area contributed by atoms with Crippen LogP contribution in [-0.4, -0.2) is 21.4 Å².